The lowest BCUT2D eigenvalue weighted by Gasteiger charge is -2.00. The zero-order valence-corrected chi connectivity index (χ0v) is 8.93. The molecule has 80 valence electrons. The minimum Gasteiger partial charge on any atom is -0.486 e. The van der Waals surface area contributed by atoms with Crippen molar-refractivity contribution in [3.05, 3.63) is 18.1 Å². The molecule has 2 rings (SSSR count). The predicted molar refractivity (Wildman–Crippen MR) is 52.9 cm³/mol. The van der Waals surface area contributed by atoms with Crippen LogP contribution >= 0.6 is 11.5 Å². The molecular weight excluding hydrogens is 221 g/mol. The first-order valence-corrected chi connectivity index (χ1v) is 4.87. The maximum atomic E-state index is 12.7. The normalized spacial score (nSPS) is 10.3. The SMILES string of the molecule is COc1nsc(OC)c1-c1ccc(F)o1. The van der Waals surface area contributed by atoms with Gasteiger partial charge in [-0.15, -0.1) is 0 Å². The largest absolute Gasteiger partial charge is 0.486 e. The molecule has 0 unspecified atom stereocenters. The third kappa shape index (κ3) is 1.68. The molecule has 0 atom stereocenters. The van der Waals surface area contributed by atoms with E-state index in [1.165, 1.54) is 26.4 Å². The fraction of sp³-hybridized carbons (Fsp3) is 0.222. The number of hydrogen-bond donors (Lipinski definition) is 0. The third-order valence-corrected chi connectivity index (χ3v) is 2.62. The van der Waals surface area contributed by atoms with E-state index in [-0.39, 0.29) is 0 Å². The summed E-state index contributed by atoms with van der Waals surface area (Å²) in [7, 11) is 2.99. The molecule has 0 amide bonds. The highest BCUT2D eigenvalue weighted by molar-refractivity contribution is 7.08. The summed E-state index contributed by atoms with van der Waals surface area (Å²) in [4.78, 5) is 0. The summed E-state index contributed by atoms with van der Waals surface area (Å²) in [6.07, 6.45) is 0. The Bertz CT molecular complexity index is 444. The Hall–Kier alpha value is -1.56. The quantitative estimate of drug-likeness (QED) is 0.811. The van der Waals surface area contributed by atoms with Crippen LogP contribution in [0.1, 0.15) is 0 Å². The first-order valence-electron chi connectivity index (χ1n) is 4.09. The van der Waals surface area contributed by atoms with Gasteiger partial charge in [0.1, 0.15) is 11.3 Å². The van der Waals surface area contributed by atoms with Crippen molar-refractivity contribution in [3.63, 3.8) is 0 Å². The van der Waals surface area contributed by atoms with Crippen LogP contribution in [-0.4, -0.2) is 18.6 Å². The van der Waals surface area contributed by atoms with Crippen molar-refractivity contribution in [2.75, 3.05) is 14.2 Å². The first kappa shape index (κ1) is 9.97. The smallest absolute Gasteiger partial charge is 0.278 e. The zero-order chi connectivity index (χ0) is 10.8. The Morgan fingerprint density at radius 3 is 2.67 bits per heavy atom. The first-order chi connectivity index (χ1) is 7.26. The van der Waals surface area contributed by atoms with Crippen molar-refractivity contribution in [1.82, 2.24) is 4.37 Å². The molecule has 0 aliphatic carbocycles. The maximum Gasteiger partial charge on any atom is 0.278 e. The van der Waals surface area contributed by atoms with Crippen molar-refractivity contribution in [1.29, 1.82) is 0 Å². The molecule has 0 saturated heterocycles. The van der Waals surface area contributed by atoms with Crippen LogP contribution in [0.4, 0.5) is 4.39 Å². The van der Waals surface area contributed by atoms with Gasteiger partial charge >= 0.3 is 0 Å². The minimum atomic E-state index is -0.652. The molecule has 0 bridgehead atoms. The van der Waals surface area contributed by atoms with Gasteiger partial charge in [0.2, 0.25) is 10.9 Å². The highest BCUT2D eigenvalue weighted by Gasteiger charge is 2.20. The summed E-state index contributed by atoms with van der Waals surface area (Å²) < 4.78 is 31.7. The summed E-state index contributed by atoms with van der Waals surface area (Å²) in [6.45, 7) is 0. The molecule has 2 heterocycles. The lowest BCUT2D eigenvalue weighted by atomic mass is 10.2. The summed E-state index contributed by atoms with van der Waals surface area (Å²) in [5.74, 6) is 0.709. The number of aromatic nitrogens is 1. The van der Waals surface area contributed by atoms with Crippen molar-refractivity contribution < 1.29 is 18.3 Å². The lowest BCUT2D eigenvalue weighted by molar-refractivity contribution is 0.360. The van der Waals surface area contributed by atoms with Gasteiger partial charge in [0.15, 0.2) is 0 Å². The molecule has 0 aromatic carbocycles. The van der Waals surface area contributed by atoms with Crippen LogP contribution in [0.25, 0.3) is 11.3 Å². The van der Waals surface area contributed by atoms with E-state index in [9.17, 15) is 4.39 Å². The molecule has 0 aliphatic rings. The predicted octanol–water partition coefficient (Wildman–Crippen LogP) is 2.56. The van der Waals surface area contributed by atoms with E-state index in [1.807, 2.05) is 0 Å². The Morgan fingerprint density at radius 2 is 2.13 bits per heavy atom. The number of furan rings is 1. The number of ether oxygens (including phenoxy) is 2. The highest BCUT2D eigenvalue weighted by atomic mass is 32.1. The van der Waals surface area contributed by atoms with Crippen LogP contribution in [0.3, 0.4) is 0 Å². The fourth-order valence-electron chi connectivity index (χ4n) is 1.19. The second-order valence-corrected chi connectivity index (χ2v) is 3.40. The lowest BCUT2D eigenvalue weighted by Crippen LogP contribution is -1.86. The molecule has 0 fully saturated rings. The molecule has 0 saturated carbocycles. The molecule has 0 N–H and O–H groups in total. The van der Waals surface area contributed by atoms with E-state index in [2.05, 4.69) is 4.37 Å². The van der Waals surface area contributed by atoms with E-state index >= 15 is 0 Å². The molecule has 6 heteroatoms. The topological polar surface area (TPSA) is 44.5 Å². The molecule has 2 aromatic heterocycles. The minimum absolute atomic E-state index is 0.343. The van der Waals surface area contributed by atoms with Gasteiger partial charge in [-0.2, -0.15) is 8.76 Å². The molecular formula is C9H8FNO3S. The molecule has 0 aliphatic heterocycles. The van der Waals surface area contributed by atoms with Gasteiger partial charge in [-0.1, -0.05) is 0 Å². The van der Waals surface area contributed by atoms with Gasteiger partial charge in [-0.25, -0.2) is 0 Å². The van der Waals surface area contributed by atoms with Crippen molar-refractivity contribution in [2.24, 2.45) is 0 Å². The zero-order valence-electron chi connectivity index (χ0n) is 8.11. The Morgan fingerprint density at radius 1 is 1.33 bits per heavy atom. The standard InChI is InChI=1S/C9H8FNO3S/c1-12-8-7(9(13-2)15-11-8)5-3-4-6(10)14-5/h3-4H,1-2H3. The van der Waals surface area contributed by atoms with Crippen LogP contribution in [0, 0.1) is 6.01 Å². The van der Waals surface area contributed by atoms with Gasteiger partial charge in [0, 0.05) is 17.6 Å². The van der Waals surface area contributed by atoms with Gasteiger partial charge in [0.25, 0.3) is 6.01 Å². The van der Waals surface area contributed by atoms with Gasteiger partial charge in [0.05, 0.1) is 14.2 Å². The summed E-state index contributed by atoms with van der Waals surface area (Å²) in [5.41, 5.74) is 0.536. The highest BCUT2D eigenvalue weighted by Crippen LogP contribution is 2.41. The van der Waals surface area contributed by atoms with Gasteiger partial charge in [-0.3, -0.25) is 0 Å². The maximum absolute atomic E-state index is 12.7. The Balaban J connectivity index is 2.53. The number of halogens is 1. The second kappa shape index (κ2) is 3.90. The fourth-order valence-corrected chi connectivity index (χ4v) is 1.88. The molecule has 15 heavy (non-hydrogen) atoms. The molecule has 0 radical (unpaired) electrons. The van der Waals surface area contributed by atoms with E-state index in [0.29, 0.717) is 22.3 Å². The van der Waals surface area contributed by atoms with E-state index in [4.69, 9.17) is 13.9 Å². The van der Waals surface area contributed by atoms with Gasteiger partial charge in [-0.05, 0) is 6.07 Å². The van der Waals surface area contributed by atoms with Crippen molar-refractivity contribution in [3.8, 4) is 22.3 Å². The number of hydrogen-bond acceptors (Lipinski definition) is 5. The number of nitrogens with zero attached hydrogens (tertiary/aromatic N) is 1. The van der Waals surface area contributed by atoms with E-state index in [1.54, 1.807) is 0 Å². The summed E-state index contributed by atoms with van der Waals surface area (Å²) in [6, 6.07) is 2.08. The van der Waals surface area contributed by atoms with Crippen LogP contribution in [0.15, 0.2) is 16.5 Å². The monoisotopic (exact) mass is 229 g/mol. The third-order valence-electron chi connectivity index (χ3n) is 1.83. The average Bonchev–Trinajstić information content (AvgIpc) is 2.82. The van der Waals surface area contributed by atoms with Crippen LogP contribution in [0.5, 0.6) is 10.9 Å². The molecule has 4 nitrogen and oxygen atoms in total. The van der Waals surface area contributed by atoms with E-state index in [0.717, 1.165) is 11.5 Å². The number of rotatable bonds is 3. The summed E-state index contributed by atoms with van der Waals surface area (Å²) in [5, 5.41) is 0.529. The second-order valence-electron chi connectivity index (χ2n) is 2.66. The van der Waals surface area contributed by atoms with Crippen molar-refractivity contribution >= 4 is 11.5 Å². The van der Waals surface area contributed by atoms with E-state index < -0.39 is 6.01 Å². The Kier molecular flexibility index (Phi) is 2.59. The van der Waals surface area contributed by atoms with Crippen LogP contribution < -0.4 is 9.47 Å². The molecule has 2 aromatic rings. The van der Waals surface area contributed by atoms with Crippen LogP contribution in [-0.2, 0) is 0 Å². The van der Waals surface area contributed by atoms with Crippen LogP contribution in [0.2, 0.25) is 0 Å². The molecule has 0 spiro atoms. The average molecular weight is 229 g/mol. The number of methoxy groups -OCH3 is 2. The summed E-state index contributed by atoms with van der Waals surface area (Å²) >= 11 is 1.13. The van der Waals surface area contributed by atoms with Gasteiger partial charge < -0.3 is 13.9 Å². The van der Waals surface area contributed by atoms with Crippen molar-refractivity contribution in [2.45, 2.75) is 0 Å². The Labute approximate surface area is 89.4 Å².